The van der Waals surface area contributed by atoms with Gasteiger partial charge in [-0.15, -0.1) is 0 Å². The molecule has 9 heteroatoms. The van der Waals surface area contributed by atoms with Gasteiger partial charge in [0.2, 0.25) is 0 Å². The summed E-state index contributed by atoms with van der Waals surface area (Å²) in [6.45, 7) is 17.2. The van der Waals surface area contributed by atoms with E-state index in [1.54, 1.807) is 0 Å². The van der Waals surface area contributed by atoms with Gasteiger partial charge in [-0.25, -0.2) is 0 Å². The van der Waals surface area contributed by atoms with Crippen molar-refractivity contribution in [3.8, 4) is 0 Å². The molecule has 2 fully saturated rings. The summed E-state index contributed by atoms with van der Waals surface area (Å²) in [6, 6.07) is -0.934. The third kappa shape index (κ3) is 3.93. The maximum Gasteiger partial charge on any atom is 0.335 e. The van der Waals surface area contributed by atoms with Crippen molar-refractivity contribution in [2.75, 3.05) is 13.2 Å². The first-order valence-electron chi connectivity index (χ1n) is 10.6. The SMILES string of the molecule is [B]C1OC2CO[Si](C(C)C)(C(C)C)O[Si](C(C)C)(C(C)C)O[C@H]2[C@]1(O)CCO. The molecule has 2 heterocycles. The fourth-order valence-corrected chi connectivity index (χ4v) is 16.0. The van der Waals surface area contributed by atoms with Crippen LogP contribution in [0, 0.1) is 0 Å². The molecule has 2 unspecified atom stereocenters. The van der Waals surface area contributed by atoms with E-state index in [0.717, 1.165) is 0 Å². The summed E-state index contributed by atoms with van der Waals surface area (Å²) in [5.41, 5.74) is -0.693. The number of aliphatic hydroxyl groups is 2. The Hall–Kier alpha value is 0.259. The van der Waals surface area contributed by atoms with Gasteiger partial charge in [-0.2, -0.15) is 0 Å². The molecule has 2 radical (unpaired) electrons. The van der Waals surface area contributed by atoms with Crippen molar-refractivity contribution in [2.45, 2.75) is 108 Å². The maximum atomic E-state index is 11.3. The molecule has 0 aromatic rings. The molecule has 6 nitrogen and oxygen atoms in total. The first-order valence-corrected chi connectivity index (χ1v) is 14.6. The zero-order valence-corrected chi connectivity index (χ0v) is 20.8. The quantitative estimate of drug-likeness (QED) is 0.631. The molecule has 0 amide bonds. The standard InChI is InChI=1S/C19H39BO6Si2/c1-12(2)27(13(3)4)23-11-16-17(19(22,9-10-21)18(20)24-16)25-28(26-27,14(5)6)15(7)8/h12-18,21-22H,9-11H2,1-8H3/t16?,17-,18?,19-/m1/s1. The number of rotatable bonds is 6. The molecule has 0 aliphatic carbocycles. The molecule has 2 saturated heterocycles. The van der Waals surface area contributed by atoms with E-state index < -0.39 is 40.9 Å². The lowest BCUT2D eigenvalue weighted by Crippen LogP contribution is -2.67. The molecule has 28 heavy (non-hydrogen) atoms. The molecule has 0 bridgehead atoms. The predicted molar refractivity (Wildman–Crippen MR) is 115 cm³/mol. The van der Waals surface area contributed by atoms with Crippen LogP contribution in [0.3, 0.4) is 0 Å². The van der Waals surface area contributed by atoms with Crippen LogP contribution in [0.2, 0.25) is 22.2 Å². The van der Waals surface area contributed by atoms with Crippen LogP contribution in [0.4, 0.5) is 0 Å². The van der Waals surface area contributed by atoms with E-state index in [2.05, 4.69) is 55.4 Å². The van der Waals surface area contributed by atoms with Gasteiger partial charge in [-0.1, -0.05) is 55.4 Å². The Morgan fingerprint density at radius 1 is 0.964 bits per heavy atom. The van der Waals surface area contributed by atoms with Gasteiger partial charge >= 0.3 is 17.1 Å². The van der Waals surface area contributed by atoms with Crippen LogP contribution in [-0.2, 0) is 17.7 Å². The number of ether oxygens (including phenoxy) is 1. The summed E-state index contributed by atoms with van der Waals surface area (Å²) < 4.78 is 26.4. The molecule has 2 rings (SSSR count). The Kier molecular flexibility index (Phi) is 7.69. The summed E-state index contributed by atoms with van der Waals surface area (Å²) in [6.07, 6.45) is -1.07. The lowest BCUT2D eigenvalue weighted by molar-refractivity contribution is -0.0793. The molecule has 162 valence electrons. The molecule has 0 spiro atoms. The minimum atomic E-state index is -2.85. The van der Waals surface area contributed by atoms with Gasteiger partial charge in [0.1, 0.15) is 25.7 Å². The fourth-order valence-electron chi connectivity index (χ4n) is 4.75. The first kappa shape index (κ1) is 24.5. The minimum Gasteiger partial charge on any atom is -0.414 e. The molecule has 0 aromatic carbocycles. The second-order valence-electron chi connectivity index (χ2n) is 9.57. The van der Waals surface area contributed by atoms with E-state index in [4.69, 9.17) is 25.6 Å². The number of hydrogen-bond acceptors (Lipinski definition) is 6. The topological polar surface area (TPSA) is 77.4 Å². The Morgan fingerprint density at radius 2 is 1.46 bits per heavy atom. The molecule has 0 aromatic heterocycles. The third-order valence-electron chi connectivity index (χ3n) is 6.48. The van der Waals surface area contributed by atoms with Gasteiger partial charge in [0.25, 0.3) is 0 Å². The van der Waals surface area contributed by atoms with Gasteiger partial charge in [-0.3, -0.25) is 0 Å². The van der Waals surface area contributed by atoms with Crippen molar-refractivity contribution in [3.05, 3.63) is 0 Å². The third-order valence-corrected chi connectivity index (χ3v) is 16.7. The largest absolute Gasteiger partial charge is 0.414 e. The van der Waals surface area contributed by atoms with E-state index in [9.17, 15) is 10.2 Å². The minimum absolute atomic E-state index is 0.0902. The normalized spacial score (nSPS) is 35.4. The summed E-state index contributed by atoms with van der Waals surface area (Å²) in [5, 5.41) is 20.8. The highest BCUT2D eigenvalue weighted by molar-refractivity contribution is 6.84. The number of fused-ring (bicyclic) bond motifs is 1. The average molecular weight is 430 g/mol. The zero-order chi connectivity index (χ0) is 21.5. The number of aliphatic hydroxyl groups excluding tert-OH is 1. The lowest BCUT2D eigenvalue weighted by Gasteiger charge is -2.52. The summed E-state index contributed by atoms with van der Waals surface area (Å²) >= 11 is 0. The van der Waals surface area contributed by atoms with Crippen molar-refractivity contribution < 1.29 is 27.9 Å². The molecular formula is C19H39BO6Si2. The fraction of sp³-hybridized carbons (Fsp3) is 1.00. The summed E-state index contributed by atoms with van der Waals surface area (Å²) in [5.74, 6) is 0. The van der Waals surface area contributed by atoms with Crippen LogP contribution in [0.1, 0.15) is 61.8 Å². The molecule has 0 saturated carbocycles. The zero-order valence-electron chi connectivity index (χ0n) is 18.8. The van der Waals surface area contributed by atoms with Crippen molar-refractivity contribution in [1.29, 1.82) is 0 Å². The summed E-state index contributed by atoms with van der Waals surface area (Å²) in [7, 11) is 0.659. The monoisotopic (exact) mass is 430 g/mol. The molecular weight excluding hydrogens is 391 g/mol. The van der Waals surface area contributed by atoms with Crippen LogP contribution in [0.25, 0.3) is 0 Å². The number of hydrogen-bond donors (Lipinski definition) is 2. The van der Waals surface area contributed by atoms with Crippen molar-refractivity contribution in [1.82, 2.24) is 0 Å². The van der Waals surface area contributed by atoms with E-state index in [0.29, 0.717) is 0 Å². The second kappa shape index (κ2) is 8.78. The van der Waals surface area contributed by atoms with Crippen LogP contribution < -0.4 is 0 Å². The molecule has 2 aliphatic heterocycles. The lowest BCUT2D eigenvalue weighted by atomic mass is 9.78. The summed E-state index contributed by atoms with van der Waals surface area (Å²) in [4.78, 5) is 0. The van der Waals surface area contributed by atoms with Crippen LogP contribution in [-0.4, -0.2) is 72.2 Å². The van der Waals surface area contributed by atoms with E-state index in [1.807, 2.05) is 0 Å². The predicted octanol–water partition coefficient (Wildman–Crippen LogP) is 2.95. The van der Waals surface area contributed by atoms with Crippen molar-refractivity contribution in [2.24, 2.45) is 0 Å². The van der Waals surface area contributed by atoms with Crippen LogP contribution >= 0.6 is 0 Å². The first-order chi connectivity index (χ1) is 12.9. The molecule has 2 N–H and O–H groups in total. The van der Waals surface area contributed by atoms with Gasteiger partial charge < -0.3 is 27.9 Å². The highest BCUT2D eigenvalue weighted by Gasteiger charge is 2.64. The van der Waals surface area contributed by atoms with Gasteiger partial charge in [0.05, 0.1) is 6.61 Å². The second-order valence-corrected chi connectivity index (χ2v) is 18.4. The van der Waals surface area contributed by atoms with E-state index in [-0.39, 0.29) is 41.8 Å². The Bertz CT molecular complexity index is 517. The Balaban J connectivity index is 2.59. The smallest absolute Gasteiger partial charge is 0.335 e. The highest BCUT2D eigenvalue weighted by Crippen LogP contribution is 2.49. The Morgan fingerprint density at radius 3 is 1.89 bits per heavy atom. The highest BCUT2D eigenvalue weighted by atomic mass is 28.5. The van der Waals surface area contributed by atoms with Gasteiger partial charge in [-0.05, 0) is 22.2 Å². The average Bonchev–Trinajstić information content (AvgIpc) is 2.78. The van der Waals surface area contributed by atoms with Crippen LogP contribution in [0.5, 0.6) is 0 Å². The maximum absolute atomic E-state index is 11.3. The van der Waals surface area contributed by atoms with Crippen LogP contribution in [0.15, 0.2) is 0 Å². The van der Waals surface area contributed by atoms with Gasteiger partial charge in [0, 0.05) is 19.0 Å². The van der Waals surface area contributed by atoms with Gasteiger partial charge in [0.15, 0.2) is 0 Å². The van der Waals surface area contributed by atoms with Crippen molar-refractivity contribution >= 4 is 25.0 Å². The van der Waals surface area contributed by atoms with Crippen molar-refractivity contribution in [3.63, 3.8) is 0 Å². The van der Waals surface area contributed by atoms with E-state index >= 15 is 0 Å². The Labute approximate surface area is 174 Å². The van der Waals surface area contributed by atoms with E-state index in [1.165, 1.54) is 0 Å². The molecule has 2 aliphatic rings. The molecule has 4 atom stereocenters.